The van der Waals surface area contributed by atoms with E-state index in [2.05, 4.69) is 39.9 Å². The minimum Gasteiger partial charge on any atom is -0.391 e. The third-order valence-corrected chi connectivity index (χ3v) is 4.54. The topological polar surface area (TPSA) is 36.4 Å². The minimum absolute atomic E-state index is 0.259. The fraction of sp³-hybridized carbons (Fsp3) is 0.400. The van der Waals surface area contributed by atoms with Crippen molar-refractivity contribution in [2.45, 2.75) is 19.4 Å². The molecule has 1 aliphatic heterocycles. The van der Waals surface area contributed by atoms with E-state index in [9.17, 15) is 5.11 Å². The molecule has 2 atom stereocenters. The number of β-amino-alcohol motifs (C(OH)–C–C–N with tert-alkyl or cyclic N) is 1. The van der Waals surface area contributed by atoms with Crippen molar-refractivity contribution in [2.75, 3.05) is 18.0 Å². The average molecular weight is 321 g/mol. The summed E-state index contributed by atoms with van der Waals surface area (Å²) in [5.41, 5.74) is 0.980. The van der Waals surface area contributed by atoms with Gasteiger partial charge in [-0.3, -0.25) is 0 Å². The van der Waals surface area contributed by atoms with Crippen molar-refractivity contribution in [3.05, 3.63) is 34.8 Å². The molecule has 1 N–H and O–H groups in total. The van der Waals surface area contributed by atoms with E-state index in [0.29, 0.717) is 12.5 Å². The number of nitrogens with zero attached hydrogens (tertiary/aromatic N) is 2. The van der Waals surface area contributed by atoms with Crippen LogP contribution in [-0.4, -0.2) is 29.3 Å². The Labute approximate surface area is 121 Å². The molecule has 0 aliphatic carbocycles. The number of rotatable bonds is 1. The average Bonchev–Trinajstić information content (AvgIpc) is 2.42. The van der Waals surface area contributed by atoms with Crippen molar-refractivity contribution in [1.82, 2.24) is 4.98 Å². The highest BCUT2D eigenvalue weighted by Gasteiger charge is 2.25. The van der Waals surface area contributed by atoms with Crippen LogP contribution in [0.4, 0.5) is 5.82 Å². The molecule has 0 saturated carbocycles. The zero-order valence-electron chi connectivity index (χ0n) is 10.9. The number of anilines is 1. The Bertz CT molecular complexity index is 602. The van der Waals surface area contributed by atoms with E-state index in [1.807, 2.05) is 18.2 Å². The normalized spacial score (nSPS) is 23.8. The van der Waals surface area contributed by atoms with Gasteiger partial charge in [0.05, 0.1) is 11.6 Å². The van der Waals surface area contributed by atoms with E-state index in [1.54, 1.807) is 0 Å². The molecule has 3 nitrogen and oxygen atoms in total. The van der Waals surface area contributed by atoms with Crippen LogP contribution in [0.3, 0.4) is 0 Å². The van der Waals surface area contributed by atoms with Gasteiger partial charge in [0.1, 0.15) is 5.82 Å². The van der Waals surface area contributed by atoms with Gasteiger partial charge in [-0.2, -0.15) is 0 Å². The van der Waals surface area contributed by atoms with Gasteiger partial charge in [-0.15, -0.1) is 0 Å². The zero-order valence-corrected chi connectivity index (χ0v) is 12.5. The van der Waals surface area contributed by atoms with Crippen molar-refractivity contribution in [1.29, 1.82) is 0 Å². The number of hydrogen-bond acceptors (Lipinski definition) is 3. The lowest BCUT2D eigenvalue weighted by atomic mass is 9.96. The molecule has 0 amide bonds. The van der Waals surface area contributed by atoms with E-state index in [0.717, 1.165) is 34.2 Å². The Morgan fingerprint density at radius 2 is 2.16 bits per heavy atom. The lowest BCUT2D eigenvalue weighted by Gasteiger charge is -2.35. The van der Waals surface area contributed by atoms with Gasteiger partial charge in [0.25, 0.3) is 0 Å². The molecule has 0 radical (unpaired) electrons. The number of aliphatic hydroxyl groups excluding tert-OH is 1. The van der Waals surface area contributed by atoms with Gasteiger partial charge >= 0.3 is 0 Å². The van der Waals surface area contributed by atoms with Crippen LogP contribution in [0.15, 0.2) is 34.8 Å². The van der Waals surface area contributed by atoms with Crippen LogP contribution in [0.1, 0.15) is 13.3 Å². The molecule has 100 valence electrons. The number of benzene rings is 1. The minimum atomic E-state index is -0.259. The monoisotopic (exact) mass is 320 g/mol. The van der Waals surface area contributed by atoms with Gasteiger partial charge in [-0.05, 0) is 46.5 Å². The molecule has 4 heteroatoms. The SMILES string of the molecule is CC1CCN(c2ccc3cccc(Br)c3n2)CC1O. The van der Waals surface area contributed by atoms with Crippen LogP contribution in [-0.2, 0) is 0 Å². The molecular weight excluding hydrogens is 304 g/mol. The van der Waals surface area contributed by atoms with Crippen molar-refractivity contribution >= 4 is 32.7 Å². The largest absolute Gasteiger partial charge is 0.391 e. The molecule has 1 aromatic heterocycles. The van der Waals surface area contributed by atoms with Gasteiger partial charge in [-0.25, -0.2) is 4.98 Å². The highest BCUT2D eigenvalue weighted by molar-refractivity contribution is 9.10. The van der Waals surface area contributed by atoms with Crippen LogP contribution in [0, 0.1) is 5.92 Å². The van der Waals surface area contributed by atoms with Gasteiger partial charge in [0, 0.05) is 22.9 Å². The van der Waals surface area contributed by atoms with E-state index < -0.39 is 0 Å². The standard InChI is InChI=1S/C15H17BrN2O/c1-10-7-8-18(9-13(10)19)14-6-5-11-3-2-4-12(16)15(11)17-14/h2-6,10,13,19H,7-9H2,1H3. The van der Waals surface area contributed by atoms with E-state index in [4.69, 9.17) is 4.98 Å². The summed E-state index contributed by atoms with van der Waals surface area (Å²) in [6, 6.07) is 10.2. The smallest absolute Gasteiger partial charge is 0.129 e. The second-order valence-electron chi connectivity index (χ2n) is 5.26. The first-order valence-electron chi connectivity index (χ1n) is 6.63. The molecule has 2 unspecified atom stereocenters. The lowest BCUT2D eigenvalue weighted by Crippen LogP contribution is -2.43. The summed E-state index contributed by atoms with van der Waals surface area (Å²) in [7, 11) is 0. The van der Waals surface area contributed by atoms with E-state index >= 15 is 0 Å². The van der Waals surface area contributed by atoms with Crippen molar-refractivity contribution in [3.8, 4) is 0 Å². The summed E-state index contributed by atoms with van der Waals surface area (Å²) in [5, 5.41) is 11.1. The molecule has 1 saturated heterocycles. The number of pyridine rings is 1. The summed E-state index contributed by atoms with van der Waals surface area (Å²) in [6.07, 6.45) is 0.752. The quantitative estimate of drug-likeness (QED) is 0.876. The maximum Gasteiger partial charge on any atom is 0.129 e. The summed E-state index contributed by atoms with van der Waals surface area (Å²) in [4.78, 5) is 6.90. The molecule has 2 aromatic rings. The number of fused-ring (bicyclic) bond motifs is 1. The number of aliphatic hydroxyl groups is 1. The molecule has 1 aliphatic rings. The number of hydrogen-bond donors (Lipinski definition) is 1. The van der Waals surface area contributed by atoms with Crippen LogP contribution in [0.25, 0.3) is 10.9 Å². The molecule has 2 heterocycles. The van der Waals surface area contributed by atoms with Crippen LogP contribution >= 0.6 is 15.9 Å². The summed E-state index contributed by atoms with van der Waals surface area (Å²) < 4.78 is 1.01. The lowest BCUT2D eigenvalue weighted by molar-refractivity contribution is 0.102. The molecule has 19 heavy (non-hydrogen) atoms. The molecule has 1 fully saturated rings. The molecule has 1 aromatic carbocycles. The molecule has 0 spiro atoms. The predicted molar refractivity (Wildman–Crippen MR) is 81.4 cm³/mol. The Hall–Kier alpha value is -1.13. The number of aromatic nitrogens is 1. The fourth-order valence-corrected chi connectivity index (χ4v) is 3.00. The third kappa shape index (κ3) is 2.47. The first-order valence-corrected chi connectivity index (χ1v) is 7.43. The van der Waals surface area contributed by atoms with Gasteiger partial charge < -0.3 is 10.0 Å². The van der Waals surface area contributed by atoms with Gasteiger partial charge in [0.2, 0.25) is 0 Å². The van der Waals surface area contributed by atoms with Crippen molar-refractivity contribution in [3.63, 3.8) is 0 Å². The number of piperidine rings is 1. The molecule has 3 rings (SSSR count). The van der Waals surface area contributed by atoms with Crippen LogP contribution < -0.4 is 4.90 Å². The van der Waals surface area contributed by atoms with E-state index in [1.165, 1.54) is 0 Å². The maximum absolute atomic E-state index is 10.00. The fourth-order valence-electron chi connectivity index (χ4n) is 2.53. The Kier molecular flexibility index (Phi) is 3.46. The van der Waals surface area contributed by atoms with Crippen molar-refractivity contribution in [2.24, 2.45) is 5.92 Å². The second kappa shape index (κ2) is 5.10. The predicted octanol–water partition coefficient (Wildman–Crippen LogP) is 3.20. The zero-order chi connectivity index (χ0) is 13.4. The summed E-state index contributed by atoms with van der Waals surface area (Å²) >= 11 is 3.55. The molecular formula is C15H17BrN2O. The first-order chi connectivity index (χ1) is 9.15. The third-order valence-electron chi connectivity index (χ3n) is 3.90. The second-order valence-corrected chi connectivity index (χ2v) is 6.11. The summed E-state index contributed by atoms with van der Waals surface area (Å²) in [5.74, 6) is 1.33. The van der Waals surface area contributed by atoms with Gasteiger partial charge in [-0.1, -0.05) is 19.1 Å². The first kappa shape index (κ1) is 12.9. The number of halogens is 1. The Balaban J connectivity index is 1.95. The van der Waals surface area contributed by atoms with Crippen LogP contribution in [0.2, 0.25) is 0 Å². The molecule has 0 bridgehead atoms. The number of para-hydroxylation sites is 1. The highest BCUT2D eigenvalue weighted by Crippen LogP contribution is 2.27. The van der Waals surface area contributed by atoms with E-state index in [-0.39, 0.29) is 6.10 Å². The van der Waals surface area contributed by atoms with Crippen LogP contribution in [0.5, 0.6) is 0 Å². The van der Waals surface area contributed by atoms with Gasteiger partial charge in [0.15, 0.2) is 0 Å². The Morgan fingerprint density at radius 1 is 1.32 bits per heavy atom. The summed E-state index contributed by atoms with van der Waals surface area (Å²) in [6.45, 7) is 3.73. The highest BCUT2D eigenvalue weighted by atomic mass is 79.9. The van der Waals surface area contributed by atoms with Crippen molar-refractivity contribution < 1.29 is 5.11 Å². The Morgan fingerprint density at radius 3 is 2.95 bits per heavy atom. The maximum atomic E-state index is 10.00.